The number of benzene rings is 1. The fraction of sp³-hybridized carbons (Fsp3) is 0. The van der Waals surface area contributed by atoms with Gasteiger partial charge in [0.15, 0.2) is 5.78 Å². The molecular formula is C14H11NO2. The lowest BCUT2D eigenvalue weighted by molar-refractivity contribution is 0.104. The van der Waals surface area contributed by atoms with Gasteiger partial charge >= 0.3 is 0 Å². The van der Waals surface area contributed by atoms with Gasteiger partial charge in [-0.3, -0.25) is 9.78 Å². The van der Waals surface area contributed by atoms with Crippen molar-refractivity contribution in [2.75, 3.05) is 0 Å². The van der Waals surface area contributed by atoms with Gasteiger partial charge in [0, 0.05) is 18.0 Å². The topological polar surface area (TPSA) is 50.2 Å². The van der Waals surface area contributed by atoms with Crippen LogP contribution in [0.2, 0.25) is 0 Å². The van der Waals surface area contributed by atoms with Crippen molar-refractivity contribution in [1.29, 1.82) is 0 Å². The maximum atomic E-state index is 11.7. The molecule has 84 valence electrons. The van der Waals surface area contributed by atoms with Gasteiger partial charge in [0.1, 0.15) is 5.75 Å². The van der Waals surface area contributed by atoms with Crippen LogP contribution in [0.25, 0.3) is 6.08 Å². The number of pyridine rings is 1. The van der Waals surface area contributed by atoms with E-state index in [0.29, 0.717) is 5.56 Å². The van der Waals surface area contributed by atoms with E-state index in [2.05, 4.69) is 4.98 Å². The third-order valence-corrected chi connectivity index (χ3v) is 2.26. The number of rotatable bonds is 3. The van der Waals surface area contributed by atoms with Crippen LogP contribution in [0.5, 0.6) is 5.75 Å². The molecule has 0 aliphatic rings. The molecule has 1 N–H and O–H groups in total. The summed E-state index contributed by atoms with van der Waals surface area (Å²) in [5, 5.41) is 9.11. The lowest BCUT2D eigenvalue weighted by atomic mass is 10.1. The summed E-state index contributed by atoms with van der Waals surface area (Å²) in [6.45, 7) is 0. The summed E-state index contributed by atoms with van der Waals surface area (Å²) in [5.41, 5.74) is 1.42. The number of carbonyl (C=O) groups is 1. The summed E-state index contributed by atoms with van der Waals surface area (Å²) in [6.07, 6.45) is 6.56. The van der Waals surface area contributed by atoms with Crippen molar-refractivity contribution in [2.45, 2.75) is 0 Å². The molecule has 0 radical (unpaired) electrons. The Balaban J connectivity index is 2.12. The largest absolute Gasteiger partial charge is 0.508 e. The highest BCUT2D eigenvalue weighted by molar-refractivity contribution is 6.06. The summed E-state index contributed by atoms with van der Waals surface area (Å²) in [6, 6.07) is 9.84. The fourth-order valence-corrected chi connectivity index (χ4v) is 1.37. The van der Waals surface area contributed by atoms with Crippen molar-refractivity contribution in [1.82, 2.24) is 4.98 Å². The van der Waals surface area contributed by atoms with Crippen molar-refractivity contribution >= 4 is 11.9 Å². The Bertz CT molecular complexity index is 530. The Hall–Kier alpha value is -2.42. The lowest BCUT2D eigenvalue weighted by Gasteiger charge is -1.96. The first-order valence-corrected chi connectivity index (χ1v) is 5.17. The minimum absolute atomic E-state index is 0.103. The highest BCUT2D eigenvalue weighted by atomic mass is 16.3. The van der Waals surface area contributed by atoms with Crippen LogP contribution in [0.4, 0.5) is 0 Å². The van der Waals surface area contributed by atoms with Crippen molar-refractivity contribution < 1.29 is 9.90 Å². The summed E-state index contributed by atoms with van der Waals surface area (Å²) < 4.78 is 0. The number of aromatic hydroxyl groups is 1. The molecule has 0 aliphatic carbocycles. The summed E-state index contributed by atoms with van der Waals surface area (Å²) in [5.74, 6) is 0.0478. The zero-order chi connectivity index (χ0) is 12.1. The predicted octanol–water partition coefficient (Wildman–Crippen LogP) is 2.68. The lowest BCUT2D eigenvalue weighted by Crippen LogP contribution is -1.92. The number of hydrogen-bond acceptors (Lipinski definition) is 3. The van der Waals surface area contributed by atoms with Crippen LogP contribution in [0.15, 0.2) is 54.9 Å². The Morgan fingerprint density at radius 3 is 2.59 bits per heavy atom. The second-order valence-electron chi connectivity index (χ2n) is 3.53. The molecule has 0 spiro atoms. The Labute approximate surface area is 99.1 Å². The van der Waals surface area contributed by atoms with E-state index < -0.39 is 0 Å². The highest BCUT2D eigenvalue weighted by Gasteiger charge is 2.00. The molecule has 17 heavy (non-hydrogen) atoms. The van der Waals surface area contributed by atoms with E-state index in [0.717, 1.165) is 5.56 Å². The van der Waals surface area contributed by atoms with Gasteiger partial charge in [-0.15, -0.1) is 0 Å². The van der Waals surface area contributed by atoms with Gasteiger partial charge in [-0.25, -0.2) is 0 Å². The number of hydrogen-bond donors (Lipinski definition) is 1. The standard InChI is InChI=1S/C14H11NO2/c16-13-6-4-12(5-7-13)14(17)8-3-11-2-1-9-15-10-11/h1-10,16H. The third-order valence-electron chi connectivity index (χ3n) is 2.26. The van der Waals surface area contributed by atoms with Crippen molar-refractivity contribution in [3.05, 3.63) is 66.0 Å². The second kappa shape index (κ2) is 5.07. The Kier molecular flexibility index (Phi) is 3.31. The van der Waals surface area contributed by atoms with Gasteiger partial charge in [0.2, 0.25) is 0 Å². The van der Waals surface area contributed by atoms with E-state index in [1.807, 2.05) is 12.1 Å². The Morgan fingerprint density at radius 2 is 1.94 bits per heavy atom. The van der Waals surface area contributed by atoms with Crippen LogP contribution in [0, 0.1) is 0 Å². The van der Waals surface area contributed by atoms with Crippen LogP contribution < -0.4 is 0 Å². The molecule has 1 heterocycles. The van der Waals surface area contributed by atoms with Gasteiger partial charge in [0.05, 0.1) is 0 Å². The van der Waals surface area contributed by atoms with Crippen molar-refractivity contribution in [3.63, 3.8) is 0 Å². The first kappa shape index (κ1) is 11.1. The minimum atomic E-state index is -0.103. The molecule has 0 atom stereocenters. The number of aromatic nitrogens is 1. The molecule has 1 aromatic carbocycles. The van der Waals surface area contributed by atoms with Crippen molar-refractivity contribution in [3.8, 4) is 5.75 Å². The quantitative estimate of drug-likeness (QED) is 0.645. The molecule has 1 aromatic heterocycles. The average Bonchev–Trinajstić information content (AvgIpc) is 2.38. The molecule has 3 heteroatoms. The number of ketones is 1. The van der Waals surface area contributed by atoms with E-state index in [-0.39, 0.29) is 11.5 Å². The van der Waals surface area contributed by atoms with Gasteiger partial charge in [-0.2, -0.15) is 0 Å². The number of nitrogens with zero attached hydrogens (tertiary/aromatic N) is 1. The van der Waals surface area contributed by atoms with E-state index in [4.69, 9.17) is 5.11 Å². The fourth-order valence-electron chi connectivity index (χ4n) is 1.37. The number of allylic oxidation sites excluding steroid dienone is 1. The number of phenolic OH excluding ortho intramolecular Hbond substituents is 1. The summed E-state index contributed by atoms with van der Waals surface area (Å²) >= 11 is 0. The van der Waals surface area contributed by atoms with Crippen LogP contribution in [0.3, 0.4) is 0 Å². The molecule has 0 aliphatic heterocycles. The molecule has 0 unspecified atom stereocenters. The van der Waals surface area contributed by atoms with Crippen LogP contribution in [-0.4, -0.2) is 15.9 Å². The first-order valence-electron chi connectivity index (χ1n) is 5.17. The monoisotopic (exact) mass is 225 g/mol. The van der Waals surface area contributed by atoms with Crippen LogP contribution in [-0.2, 0) is 0 Å². The molecular weight excluding hydrogens is 214 g/mol. The maximum absolute atomic E-state index is 11.7. The zero-order valence-electron chi connectivity index (χ0n) is 9.08. The molecule has 0 fully saturated rings. The van der Waals surface area contributed by atoms with E-state index in [1.165, 1.54) is 18.2 Å². The van der Waals surface area contributed by atoms with E-state index in [9.17, 15) is 4.79 Å². The van der Waals surface area contributed by atoms with Crippen LogP contribution >= 0.6 is 0 Å². The second-order valence-corrected chi connectivity index (χ2v) is 3.53. The summed E-state index contributed by atoms with van der Waals surface area (Å²) in [7, 11) is 0. The molecule has 0 saturated carbocycles. The average molecular weight is 225 g/mol. The van der Waals surface area contributed by atoms with E-state index in [1.54, 1.807) is 30.6 Å². The molecule has 0 amide bonds. The zero-order valence-corrected chi connectivity index (χ0v) is 9.08. The number of carbonyl (C=O) groups excluding carboxylic acids is 1. The van der Waals surface area contributed by atoms with Crippen molar-refractivity contribution in [2.24, 2.45) is 0 Å². The van der Waals surface area contributed by atoms with Gasteiger partial charge in [0.25, 0.3) is 0 Å². The molecule has 0 bridgehead atoms. The van der Waals surface area contributed by atoms with E-state index >= 15 is 0 Å². The molecule has 2 aromatic rings. The smallest absolute Gasteiger partial charge is 0.185 e. The predicted molar refractivity (Wildman–Crippen MR) is 65.7 cm³/mol. The van der Waals surface area contributed by atoms with Gasteiger partial charge in [-0.05, 0) is 48.0 Å². The highest BCUT2D eigenvalue weighted by Crippen LogP contribution is 2.11. The first-order chi connectivity index (χ1) is 8.25. The molecule has 2 rings (SSSR count). The Morgan fingerprint density at radius 1 is 1.18 bits per heavy atom. The van der Waals surface area contributed by atoms with Gasteiger partial charge in [-0.1, -0.05) is 6.07 Å². The third kappa shape index (κ3) is 3.01. The summed E-state index contributed by atoms with van der Waals surface area (Å²) in [4.78, 5) is 15.7. The maximum Gasteiger partial charge on any atom is 0.185 e. The molecule has 0 saturated heterocycles. The number of phenols is 1. The van der Waals surface area contributed by atoms with Crippen LogP contribution in [0.1, 0.15) is 15.9 Å². The van der Waals surface area contributed by atoms with Gasteiger partial charge < -0.3 is 5.11 Å². The molecule has 3 nitrogen and oxygen atoms in total. The normalized spacial score (nSPS) is 10.6. The minimum Gasteiger partial charge on any atom is -0.508 e. The SMILES string of the molecule is O=C(C=Cc1cccnc1)c1ccc(O)cc1.